The molecule has 1 saturated heterocycles. The fraction of sp³-hybridized carbons (Fsp3) is 0.345. The van der Waals surface area contributed by atoms with E-state index in [1.807, 2.05) is 0 Å². The lowest BCUT2D eigenvalue weighted by atomic mass is 10.0. The number of carbonyl (C=O) groups excluding carboxylic acids is 2. The molecule has 1 aromatic heterocycles. The van der Waals surface area contributed by atoms with Crippen molar-refractivity contribution >= 4 is 23.3 Å². The lowest BCUT2D eigenvalue weighted by Crippen LogP contribution is -2.44. The first-order valence-electron chi connectivity index (χ1n) is 13.0. The van der Waals surface area contributed by atoms with Crippen LogP contribution in [0.3, 0.4) is 0 Å². The number of amides is 2. The van der Waals surface area contributed by atoms with Crippen molar-refractivity contribution in [3.8, 4) is 11.1 Å². The minimum atomic E-state index is -0.488. The van der Waals surface area contributed by atoms with Gasteiger partial charge in [0.2, 0.25) is 5.91 Å². The van der Waals surface area contributed by atoms with Crippen LogP contribution in [0.25, 0.3) is 11.1 Å². The highest BCUT2D eigenvalue weighted by Crippen LogP contribution is 2.33. The number of nitrogens with one attached hydrogen (secondary N) is 2. The van der Waals surface area contributed by atoms with Crippen LogP contribution in [0.5, 0.6) is 0 Å². The Morgan fingerprint density at radius 2 is 1.76 bits per heavy atom. The lowest BCUT2D eigenvalue weighted by Gasteiger charge is -2.32. The van der Waals surface area contributed by atoms with E-state index in [4.69, 9.17) is 0 Å². The predicted octanol–water partition coefficient (Wildman–Crippen LogP) is 4.71. The smallest absolute Gasteiger partial charge is 0.277 e. The van der Waals surface area contributed by atoms with Crippen LogP contribution in [-0.2, 0) is 11.3 Å². The van der Waals surface area contributed by atoms with Crippen LogP contribution in [0, 0.1) is 23.0 Å². The summed E-state index contributed by atoms with van der Waals surface area (Å²) in [5, 5.41) is 17.7. The van der Waals surface area contributed by atoms with Gasteiger partial charge in [0.1, 0.15) is 5.82 Å². The Hall–Kier alpha value is -4.11. The highest BCUT2D eigenvalue weighted by Gasteiger charge is 2.30. The Balaban J connectivity index is 1.22. The number of hydrogen-bond acceptors (Lipinski definition) is 6. The fourth-order valence-electron chi connectivity index (χ4n) is 4.76. The van der Waals surface area contributed by atoms with E-state index >= 15 is 0 Å². The highest BCUT2D eigenvalue weighted by atomic mass is 16.6. The van der Waals surface area contributed by atoms with Crippen molar-refractivity contribution in [1.29, 1.82) is 0 Å². The van der Waals surface area contributed by atoms with Gasteiger partial charge in [-0.05, 0) is 68.0 Å². The number of nitrogens with zero attached hydrogens (tertiary/aromatic N) is 3. The molecule has 9 nitrogen and oxygen atoms in total. The summed E-state index contributed by atoms with van der Waals surface area (Å²) < 4.78 is 0. The van der Waals surface area contributed by atoms with Crippen molar-refractivity contribution in [2.45, 2.75) is 45.2 Å². The standard InChI is InChI=1S/C29H31N5O4/c1-19-2-4-20(5-3-19)18-33-14-11-24(12-15-33)31-29(36)23-8-9-25(26(16-23)34(37)38)22-10-13-30-27(17-22)32-28(35)21-6-7-21/h2-5,8-10,13,16-17,21,24H,6-7,11-12,14-15,18H2,1H3,(H,31,36)(H,30,32,35). The van der Waals surface area contributed by atoms with Crippen LogP contribution in [0.15, 0.2) is 60.8 Å². The number of pyridine rings is 1. The maximum Gasteiger partial charge on any atom is 0.277 e. The molecule has 2 fully saturated rings. The summed E-state index contributed by atoms with van der Waals surface area (Å²) in [5.41, 5.74) is 3.50. The van der Waals surface area contributed by atoms with Gasteiger partial charge in [0.25, 0.3) is 11.6 Å². The zero-order valence-corrected chi connectivity index (χ0v) is 21.4. The third-order valence-electron chi connectivity index (χ3n) is 7.18. The fourth-order valence-corrected chi connectivity index (χ4v) is 4.76. The summed E-state index contributed by atoms with van der Waals surface area (Å²) in [7, 11) is 0. The molecule has 2 aromatic carbocycles. The Labute approximate surface area is 221 Å². The molecule has 0 bridgehead atoms. The molecule has 0 unspecified atom stereocenters. The Morgan fingerprint density at radius 1 is 1.03 bits per heavy atom. The summed E-state index contributed by atoms with van der Waals surface area (Å²) in [6.07, 6.45) is 4.89. The zero-order valence-electron chi connectivity index (χ0n) is 21.4. The van der Waals surface area contributed by atoms with Gasteiger partial charge in [0, 0.05) is 49.4 Å². The number of anilines is 1. The van der Waals surface area contributed by atoms with Crippen molar-refractivity contribution in [1.82, 2.24) is 15.2 Å². The molecule has 3 aromatic rings. The van der Waals surface area contributed by atoms with Gasteiger partial charge in [-0.25, -0.2) is 4.98 Å². The van der Waals surface area contributed by atoms with E-state index in [2.05, 4.69) is 51.7 Å². The van der Waals surface area contributed by atoms with Gasteiger partial charge in [-0.1, -0.05) is 29.8 Å². The third kappa shape index (κ3) is 6.23. The van der Waals surface area contributed by atoms with E-state index in [-0.39, 0.29) is 35.0 Å². The molecule has 0 radical (unpaired) electrons. The first-order chi connectivity index (χ1) is 18.4. The average Bonchev–Trinajstić information content (AvgIpc) is 3.77. The lowest BCUT2D eigenvalue weighted by molar-refractivity contribution is -0.384. The number of aromatic nitrogens is 1. The molecular formula is C29H31N5O4. The van der Waals surface area contributed by atoms with Gasteiger partial charge in [0.15, 0.2) is 0 Å². The topological polar surface area (TPSA) is 117 Å². The number of piperidine rings is 1. The number of aryl methyl sites for hydroxylation is 1. The average molecular weight is 514 g/mol. The largest absolute Gasteiger partial charge is 0.349 e. The molecule has 0 atom stereocenters. The van der Waals surface area contributed by atoms with Crippen LogP contribution in [0.2, 0.25) is 0 Å². The van der Waals surface area contributed by atoms with Gasteiger partial charge in [-0.15, -0.1) is 0 Å². The molecule has 2 amide bonds. The molecule has 0 spiro atoms. The van der Waals surface area contributed by atoms with Gasteiger partial charge in [0.05, 0.1) is 10.5 Å². The van der Waals surface area contributed by atoms with Crippen LogP contribution >= 0.6 is 0 Å². The van der Waals surface area contributed by atoms with Crippen molar-refractivity contribution in [2.75, 3.05) is 18.4 Å². The molecule has 5 rings (SSSR count). The maximum atomic E-state index is 13.0. The Morgan fingerprint density at radius 3 is 2.45 bits per heavy atom. The minimum Gasteiger partial charge on any atom is -0.349 e. The summed E-state index contributed by atoms with van der Waals surface area (Å²) in [6, 6.07) is 16.3. The SMILES string of the molecule is Cc1ccc(CN2CCC(NC(=O)c3ccc(-c4ccnc(NC(=O)C5CC5)c4)c([N+](=O)[O-])c3)CC2)cc1. The molecule has 1 aliphatic carbocycles. The monoisotopic (exact) mass is 513 g/mol. The van der Waals surface area contributed by atoms with E-state index in [1.54, 1.807) is 24.3 Å². The van der Waals surface area contributed by atoms with E-state index in [1.165, 1.54) is 23.4 Å². The molecule has 9 heteroatoms. The van der Waals surface area contributed by atoms with E-state index < -0.39 is 4.92 Å². The van der Waals surface area contributed by atoms with Gasteiger partial charge in [-0.3, -0.25) is 24.6 Å². The summed E-state index contributed by atoms with van der Waals surface area (Å²) in [6.45, 7) is 4.71. The Bertz CT molecular complexity index is 1350. The van der Waals surface area contributed by atoms with Crippen LogP contribution < -0.4 is 10.6 Å². The van der Waals surface area contributed by atoms with Crippen molar-refractivity contribution < 1.29 is 14.5 Å². The molecular weight excluding hydrogens is 482 g/mol. The van der Waals surface area contributed by atoms with Crippen molar-refractivity contribution in [3.05, 3.63) is 87.6 Å². The summed E-state index contributed by atoms with van der Waals surface area (Å²) >= 11 is 0. The maximum absolute atomic E-state index is 13.0. The molecule has 1 aliphatic heterocycles. The quantitative estimate of drug-likeness (QED) is 0.333. The molecule has 1 saturated carbocycles. The number of rotatable bonds is 8. The van der Waals surface area contributed by atoms with Gasteiger partial charge < -0.3 is 10.6 Å². The summed E-state index contributed by atoms with van der Waals surface area (Å²) in [5.74, 6) is -0.0295. The van der Waals surface area contributed by atoms with Crippen LogP contribution in [-0.4, -0.2) is 45.8 Å². The number of nitro benzene ring substituents is 1. The predicted molar refractivity (Wildman–Crippen MR) is 145 cm³/mol. The first kappa shape index (κ1) is 25.5. The molecule has 2 aliphatic rings. The second kappa shape index (κ2) is 11.1. The molecule has 38 heavy (non-hydrogen) atoms. The number of benzene rings is 2. The second-order valence-corrected chi connectivity index (χ2v) is 10.2. The number of likely N-dealkylation sites (tertiary alicyclic amines) is 1. The van der Waals surface area contributed by atoms with Crippen LogP contribution in [0.4, 0.5) is 11.5 Å². The normalized spacial score (nSPS) is 16.1. The van der Waals surface area contributed by atoms with Gasteiger partial charge >= 0.3 is 0 Å². The van der Waals surface area contributed by atoms with Crippen molar-refractivity contribution in [2.24, 2.45) is 5.92 Å². The molecule has 196 valence electrons. The van der Waals surface area contributed by atoms with E-state index in [0.29, 0.717) is 16.9 Å². The van der Waals surface area contributed by atoms with Gasteiger partial charge in [-0.2, -0.15) is 0 Å². The van der Waals surface area contributed by atoms with E-state index in [0.717, 1.165) is 45.3 Å². The number of nitro groups is 1. The van der Waals surface area contributed by atoms with Crippen LogP contribution in [0.1, 0.15) is 47.2 Å². The number of hydrogen-bond donors (Lipinski definition) is 2. The minimum absolute atomic E-state index is 0.0213. The van der Waals surface area contributed by atoms with Crippen molar-refractivity contribution in [3.63, 3.8) is 0 Å². The number of carbonyl (C=O) groups is 2. The highest BCUT2D eigenvalue weighted by molar-refractivity contribution is 5.97. The van der Waals surface area contributed by atoms with E-state index in [9.17, 15) is 19.7 Å². The molecule has 2 heterocycles. The summed E-state index contributed by atoms with van der Waals surface area (Å²) in [4.78, 5) is 43.0. The second-order valence-electron chi connectivity index (χ2n) is 10.2. The Kier molecular flexibility index (Phi) is 7.46. The zero-order chi connectivity index (χ0) is 26.6. The third-order valence-corrected chi connectivity index (χ3v) is 7.18. The molecule has 2 N–H and O–H groups in total. The first-order valence-corrected chi connectivity index (χ1v) is 13.0.